The Kier molecular flexibility index (Phi) is 6.05. The van der Waals surface area contributed by atoms with Gasteiger partial charge in [0.25, 0.3) is 0 Å². The van der Waals surface area contributed by atoms with Gasteiger partial charge in [-0.15, -0.1) is 0 Å². The van der Waals surface area contributed by atoms with Crippen LogP contribution in [0.1, 0.15) is 24.1 Å². The number of rotatable bonds is 4. The van der Waals surface area contributed by atoms with Gasteiger partial charge in [0.1, 0.15) is 29.6 Å². The Morgan fingerprint density at radius 1 is 1.09 bits per heavy atom. The second-order valence-electron chi connectivity index (χ2n) is 7.32. The molecule has 0 saturated heterocycles. The van der Waals surface area contributed by atoms with Crippen molar-refractivity contribution in [3.63, 3.8) is 0 Å². The molecular formula is C23H19ClN8S. The first-order valence-electron chi connectivity index (χ1n) is 9.85. The molecule has 8 nitrogen and oxygen atoms in total. The fourth-order valence-corrected chi connectivity index (χ4v) is 3.87. The predicted molar refractivity (Wildman–Crippen MR) is 135 cm³/mol. The van der Waals surface area contributed by atoms with Crippen molar-refractivity contribution in [3.05, 3.63) is 77.3 Å². The van der Waals surface area contributed by atoms with Gasteiger partial charge in [-0.05, 0) is 29.8 Å². The van der Waals surface area contributed by atoms with Gasteiger partial charge < -0.3 is 11.1 Å². The van der Waals surface area contributed by atoms with Crippen LogP contribution in [0.25, 0.3) is 27.7 Å². The number of fused-ring (bicyclic) bond motifs is 2. The summed E-state index contributed by atoms with van der Waals surface area (Å²) in [6, 6.07) is 18.0. The normalized spacial score (nSPS) is 11.7. The largest absolute Gasteiger partial charge is 0.382 e. The summed E-state index contributed by atoms with van der Waals surface area (Å²) in [5.74, 6) is 0.485. The Bertz CT molecular complexity index is 1520. The molecule has 0 fully saturated rings. The molecule has 0 saturated carbocycles. The molecule has 0 unspecified atom stereocenters. The van der Waals surface area contributed by atoms with Crippen molar-refractivity contribution < 1.29 is 0 Å². The Labute approximate surface area is 201 Å². The molecule has 33 heavy (non-hydrogen) atoms. The summed E-state index contributed by atoms with van der Waals surface area (Å²) < 4.78 is 1.60. The first-order chi connectivity index (χ1) is 15.5. The van der Waals surface area contributed by atoms with E-state index in [0.717, 1.165) is 27.6 Å². The molecule has 0 aliphatic heterocycles. The molecule has 0 amide bonds. The van der Waals surface area contributed by atoms with Crippen molar-refractivity contribution in [2.24, 2.45) is 0 Å². The highest BCUT2D eigenvalue weighted by Gasteiger charge is 2.20. The smallest absolute Gasteiger partial charge is 0.155 e. The molecule has 5 rings (SSSR count). The van der Waals surface area contributed by atoms with Crippen molar-refractivity contribution in [2.45, 2.75) is 13.0 Å². The molecule has 0 bridgehead atoms. The fourth-order valence-electron chi connectivity index (χ4n) is 3.69. The second kappa shape index (κ2) is 8.94. The van der Waals surface area contributed by atoms with E-state index in [4.69, 9.17) is 22.4 Å². The molecule has 10 heteroatoms. The van der Waals surface area contributed by atoms with Gasteiger partial charge in [0.2, 0.25) is 0 Å². The zero-order valence-electron chi connectivity index (χ0n) is 17.5. The number of nitrogens with one attached hydrogen (secondary N) is 1. The van der Waals surface area contributed by atoms with Crippen molar-refractivity contribution in [2.75, 3.05) is 11.1 Å². The van der Waals surface area contributed by atoms with E-state index in [2.05, 4.69) is 50.6 Å². The SMILES string of the molecule is C[C@H](Nc1ncnc(N)c1C#N)c1cc2ncc(Cl)n2nc1-c1ccc2ccccc2c1.S. The van der Waals surface area contributed by atoms with Crippen LogP contribution in [0.5, 0.6) is 0 Å². The Morgan fingerprint density at radius 3 is 2.67 bits per heavy atom. The highest BCUT2D eigenvalue weighted by atomic mass is 35.5. The van der Waals surface area contributed by atoms with E-state index in [-0.39, 0.29) is 30.9 Å². The van der Waals surface area contributed by atoms with E-state index in [0.29, 0.717) is 16.6 Å². The maximum Gasteiger partial charge on any atom is 0.155 e. The van der Waals surface area contributed by atoms with Gasteiger partial charge in [-0.3, -0.25) is 0 Å². The van der Waals surface area contributed by atoms with E-state index < -0.39 is 0 Å². The van der Waals surface area contributed by atoms with Crippen LogP contribution in [0.2, 0.25) is 5.15 Å². The molecule has 0 aliphatic carbocycles. The Morgan fingerprint density at radius 2 is 1.88 bits per heavy atom. The third-order valence-corrected chi connectivity index (χ3v) is 5.57. The number of imidazole rings is 1. The lowest BCUT2D eigenvalue weighted by atomic mass is 9.99. The second-order valence-corrected chi connectivity index (χ2v) is 7.71. The minimum atomic E-state index is -0.272. The van der Waals surface area contributed by atoms with Crippen molar-refractivity contribution in [1.29, 1.82) is 5.26 Å². The molecule has 3 aromatic heterocycles. The lowest BCUT2D eigenvalue weighted by Gasteiger charge is -2.19. The number of hydrogen-bond donors (Lipinski definition) is 2. The first-order valence-corrected chi connectivity index (χ1v) is 10.2. The van der Waals surface area contributed by atoms with Gasteiger partial charge in [0.15, 0.2) is 10.8 Å². The minimum Gasteiger partial charge on any atom is -0.382 e. The van der Waals surface area contributed by atoms with E-state index in [9.17, 15) is 5.26 Å². The maximum absolute atomic E-state index is 9.47. The summed E-state index contributed by atoms with van der Waals surface area (Å²) >= 11 is 6.30. The van der Waals surface area contributed by atoms with Crippen LogP contribution in [-0.4, -0.2) is 24.6 Å². The molecule has 1 atom stereocenters. The number of hydrogen-bond acceptors (Lipinski definition) is 7. The lowest BCUT2D eigenvalue weighted by molar-refractivity contribution is 0.840. The molecule has 0 radical (unpaired) electrons. The van der Waals surface area contributed by atoms with Crippen LogP contribution in [-0.2, 0) is 0 Å². The van der Waals surface area contributed by atoms with E-state index in [1.54, 1.807) is 10.7 Å². The standard InChI is InChI=1S/C23H17ClN8.H2S/c1-13(30-23-18(10-25)22(26)28-12-29-23)17-9-20-27-11-19(24)32(20)31-21(17)16-7-6-14-4-2-3-5-15(14)8-16;/h2-9,11-13H,1H3,(H3,26,28,29,30);1H2/t13-;/m0./s1. The first kappa shape index (κ1) is 22.3. The van der Waals surface area contributed by atoms with Crippen LogP contribution in [0, 0.1) is 11.3 Å². The number of halogens is 1. The highest BCUT2D eigenvalue weighted by molar-refractivity contribution is 7.59. The predicted octanol–water partition coefficient (Wildman–Crippen LogP) is 4.73. The zero-order valence-corrected chi connectivity index (χ0v) is 19.2. The van der Waals surface area contributed by atoms with Gasteiger partial charge in [0, 0.05) is 11.1 Å². The third kappa shape index (κ3) is 4.02. The number of benzene rings is 2. The molecule has 164 valence electrons. The quantitative estimate of drug-likeness (QED) is 0.386. The van der Waals surface area contributed by atoms with Crippen LogP contribution >= 0.6 is 25.1 Å². The van der Waals surface area contributed by atoms with Gasteiger partial charge >= 0.3 is 0 Å². The Balaban J connectivity index is 0.00000259. The summed E-state index contributed by atoms with van der Waals surface area (Å²) in [4.78, 5) is 12.4. The number of nitriles is 1. The summed E-state index contributed by atoms with van der Waals surface area (Å²) in [5.41, 5.74) is 9.20. The van der Waals surface area contributed by atoms with Crippen molar-refractivity contribution in [3.8, 4) is 17.3 Å². The average Bonchev–Trinajstić information content (AvgIpc) is 3.18. The fraction of sp³-hybridized carbons (Fsp3) is 0.0870. The molecule has 3 N–H and O–H groups in total. The molecule has 0 aliphatic rings. The van der Waals surface area contributed by atoms with Gasteiger partial charge in [-0.25, -0.2) is 19.5 Å². The monoisotopic (exact) mass is 474 g/mol. The van der Waals surface area contributed by atoms with Crippen molar-refractivity contribution in [1.82, 2.24) is 24.6 Å². The van der Waals surface area contributed by atoms with E-state index in [1.807, 2.05) is 31.2 Å². The summed E-state index contributed by atoms with van der Waals surface area (Å²) in [7, 11) is 0. The van der Waals surface area contributed by atoms with E-state index in [1.165, 1.54) is 6.33 Å². The number of aromatic nitrogens is 5. The third-order valence-electron chi connectivity index (χ3n) is 5.31. The van der Waals surface area contributed by atoms with Gasteiger partial charge in [-0.2, -0.15) is 23.9 Å². The number of anilines is 2. The van der Waals surface area contributed by atoms with Crippen LogP contribution < -0.4 is 11.1 Å². The number of nitrogen functional groups attached to an aromatic ring is 1. The maximum atomic E-state index is 9.47. The molecular weight excluding hydrogens is 456 g/mol. The minimum absolute atomic E-state index is 0. The van der Waals surface area contributed by atoms with E-state index >= 15 is 0 Å². The van der Waals surface area contributed by atoms with Crippen LogP contribution in [0.3, 0.4) is 0 Å². The molecule has 5 aromatic rings. The summed E-state index contributed by atoms with van der Waals surface area (Å²) in [6.07, 6.45) is 2.89. The zero-order chi connectivity index (χ0) is 22.2. The summed E-state index contributed by atoms with van der Waals surface area (Å²) in [5, 5.41) is 20.2. The average molecular weight is 475 g/mol. The van der Waals surface area contributed by atoms with Gasteiger partial charge in [-0.1, -0.05) is 48.0 Å². The number of nitrogens with zero attached hydrogens (tertiary/aromatic N) is 6. The van der Waals surface area contributed by atoms with Crippen LogP contribution in [0.4, 0.5) is 11.6 Å². The van der Waals surface area contributed by atoms with Crippen molar-refractivity contribution >= 4 is 53.2 Å². The summed E-state index contributed by atoms with van der Waals surface area (Å²) in [6.45, 7) is 1.96. The molecule has 2 aromatic carbocycles. The topological polar surface area (TPSA) is 118 Å². The molecule has 0 spiro atoms. The van der Waals surface area contributed by atoms with Crippen LogP contribution in [0.15, 0.2) is 61.1 Å². The lowest BCUT2D eigenvalue weighted by Crippen LogP contribution is -2.13. The number of nitrogens with two attached hydrogens (primary N) is 1. The Hall–Kier alpha value is -3.87. The molecule has 3 heterocycles. The highest BCUT2D eigenvalue weighted by Crippen LogP contribution is 2.32. The van der Waals surface area contributed by atoms with Gasteiger partial charge in [0.05, 0.1) is 17.9 Å².